The van der Waals surface area contributed by atoms with Crippen molar-refractivity contribution >= 4 is 15.9 Å². The molecule has 1 heterocycles. The van der Waals surface area contributed by atoms with Gasteiger partial charge < -0.3 is 4.74 Å². The van der Waals surface area contributed by atoms with Gasteiger partial charge in [-0.1, -0.05) is 30.2 Å². The second-order valence-electron chi connectivity index (χ2n) is 7.01. The summed E-state index contributed by atoms with van der Waals surface area (Å²) in [6, 6.07) is 8.11. The highest BCUT2D eigenvalue weighted by molar-refractivity contribution is 7.91. The Morgan fingerprint density at radius 1 is 1.16 bits per heavy atom. The van der Waals surface area contributed by atoms with Crippen LogP contribution in [-0.2, 0) is 14.6 Å². The van der Waals surface area contributed by atoms with Crippen molar-refractivity contribution in [1.29, 1.82) is 0 Å². The molecule has 0 radical (unpaired) electrons. The molecule has 0 unspecified atom stereocenters. The van der Waals surface area contributed by atoms with Crippen LogP contribution >= 0.6 is 0 Å². The minimum atomic E-state index is -3.25. The van der Waals surface area contributed by atoms with E-state index >= 15 is 0 Å². The highest BCUT2D eigenvalue weighted by atomic mass is 32.2. The van der Waals surface area contributed by atoms with Crippen LogP contribution in [0.2, 0.25) is 0 Å². The zero-order chi connectivity index (χ0) is 17.7. The SMILES string of the molecule is CCOCCS(=O)(=O)c1ccc(C=C2CCN(C3CCC3)CC2)cc1. The molecule has 25 heavy (non-hydrogen) atoms. The van der Waals surface area contributed by atoms with Crippen LogP contribution in [-0.4, -0.2) is 51.4 Å². The van der Waals surface area contributed by atoms with Gasteiger partial charge in [0.1, 0.15) is 0 Å². The molecule has 138 valence electrons. The number of sulfone groups is 1. The zero-order valence-corrected chi connectivity index (χ0v) is 15.9. The first-order valence-corrected chi connectivity index (χ1v) is 11.1. The van der Waals surface area contributed by atoms with Crippen molar-refractivity contribution in [2.45, 2.75) is 50.0 Å². The molecule has 1 aromatic rings. The maximum absolute atomic E-state index is 12.2. The first kappa shape index (κ1) is 18.6. The van der Waals surface area contributed by atoms with Crippen LogP contribution in [0.3, 0.4) is 0 Å². The Kier molecular flexibility index (Phi) is 6.31. The smallest absolute Gasteiger partial charge is 0.180 e. The molecule has 3 rings (SSSR count). The Balaban J connectivity index is 1.57. The maximum Gasteiger partial charge on any atom is 0.180 e. The summed E-state index contributed by atoms with van der Waals surface area (Å²) in [6.45, 7) is 4.99. The van der Waals surface area contributed by atoms with E-state index in [9.17, 15) is 8.42 Å². The Morgan fingerprint density at radius 2 is 1.84 bits per heavy atom. The van der Waals surface area contributed by atoms with Gasteiger partial charge in [-0.25, -0.2) is 8.42 Å². The monoisotopic (exact) mass is 363 g/mol. The van der Waals surface area contributed by atoms with E-state index in [0.29, 0.717) is 11.5 Å². The van der Waals surface area contributed by atoms with E-state index in [4.69, 9.17) is 4.74 Å². The van der Waals surface area contributed by atoms with E-state index in [1.807, 2.05) is 19.1 Å². The first-order valence-electron chi connectivity index (χ1n) is 9.42. The van der Waals surface area contributed by atoms with Crippen molar-refractivity contribution in [1.82, 2.24) is 4.90 Å². The van der Waals surface area contributed by atoms with Crippen LogP contribution in [0.4, 0.5) is 0 Å². The third-order valence-electron chi connectivity index (χ3n) is 5.34. The van der Waals surface area contributed by atoms with Gasteiger partial charge in [0, 0.05) is 25.7 Å². The van der Waals surface area contributed by atoms with Crippen LogP contribution < -0.4 is 0 Å². The molecular weight excluding hydrogens is 334 g/mol. The van der Waals surface area contributed by atoms with E-state index < -0.39 is 9.84 Å². The molecule has 1 saturated carbocycles. The van der Waals surface area contributed by atoms with Gasteiger partial charge >= 0.3 is 0 Å². The normalized spacial score (nSPS) is 19.6. The topological polar surface area (TPSA) is 46.6 Å². The van der Waals surface area contributed by atoms with Crippen molar-refractivity contribution in [3.63, 3.8) is 0 Å². The van der Waals surface area contributed by atoms with E-state index in [0.717, 1.165) is 24.4 Å². The van der Waals surface area contributed by atoms with Crippen LogP contribution in [0.1, 0.15) is 44.6 Å². The number of nitrogens with zero attached hydrogens (tertiary/aromatic N) is 1. The predicted molar refractivity (Wildman–Crippen MR) is 101 cm³/mol. The molecule has 2 fully saturated rings. The lowest BCUT2D eigenvalue weighted by molar-refractivity contribution is 0.118. The average Bonchev–Trinajstić information content (AvgIpc) is 2.56. The average molecular weight is 364 g/mol. The largest absolute Gasteiger partial charge is 0.381 e. The van der Waals surface area contributed by atoms with Crippen molar-refractivity contribution in [3.05, 3.63) is 35.4 Å². The third kappa shape index (κ3) is 4.93. The molecular formula is C20H29NO3S. The highest BCUT2D eigenvalue weighted by Gasteiger charge is 2.26. The number of benzene rings is 1. The van der Waals surface area contributed by atoms with Crippen molar-refractivity contribution in [2.75, 3.05) is 32.1 Å². The number of likely N-dealkylation sites (tertiary alicyclic amines) is 1. The van der Waals surface area contributed by atoms with Crippen molar-refractivity contribution < 1.29 is 13.2 Å². The lowest BCUT2D eigenvalue weighted by Crippen LogP contribution is -2.43. The molecule has 2 aliphatic rings. The Bertz CT molecular complexity index is 680. The molecule has 0 atom stereocenters. The summed E-state index contributed by atoms with van der Waals surface area (Å²) in [4.78, 5) is 3.02. The van der Waals surface area contributed by atoms with E-state index in [2.05, 4.69) is 11.0 Å². The second kappa shape index (κ2) is 8.47. The van der Waals surface area contributed by atoms with Crippen LogP contribution in [0.5, 0.6) is 0 Å². The molecule has 0 aromatic heterocycles. The summed E-state index contributed by atoms with van der Waals surface area (Å²) in [5.74, 6) is 0.0400. The van der Waals surface area contributed by atoms with Crippen LogP contribution in [0.25, 0.3) is 6.08 Å². The fourth-order valence-electron chi connectivity index (χ4n) is 3.51. The molecule has 1 aliphatic heterocycles. The molecule has 4 nitrogen and oxygen atoms in total. The Labute approximate surface area is 151 Å². The maximum atomic E-state index is 12.2. The fraction of sp³-hybridized carbons (Fsp3) is 0.600. The van der Waals surface area contributed by atoms with E-state index in [1.54, 1.807) is 12.1 Å². The molecule has 1 saturated heterocycles. The Hall–Kier alpha value is -1.17. The molecule has 1 aromatic carbocycles. The van der Waals surface area contributed by atoms with Gasteiger partial charge in [-0.05, 0) is 50.3 Å². The standard InChI is InChI=1S/C20H29NO3S/c1-2-24-14-15-25(22,23)20-8-6-17(7-9-20)16-18-10-12-21(13-11-18)19-4-3-5-19/h6-9,16,19H,2-5,10-15H2,1H3. The van der Waals surface area contributed by atoms with Crippen molar-refractivity contribution in [2.24, 2.45) is 0 Å². The highest BCUT2D eigenvalue weighted by Crippen LogP contribution is 2.29. The summed E-state index contributed by atoms with van der Waals surface area (Å²) in [5, 5.41) is 0. The minimum absolute atomic E-state index is 0.0400. The predicted octanol–water partition coefficient (Wildman–Crippen LogP) is 3.53. The van der Waals surface area contributed by atoms with Gasteiger partial charge in [0.15, 0.2) is 9.84 Å². The van der Waals surface area contributed by atoms with Gasteiger partial charge in [-0.15, -0.1) is 0 Å². The van der Waals surface area contributed by atoms with Crippen LogP contribution in [0.15, 0.2) is 34.7 Å². The van der Waals surface area contributed by atoms with Crippen LogP contribution in [0, 0.1) is 0 Å². The molecule has 0 N–H and O–H groups in total. The number of piperidine rings is 1. The minimum Gasteiger partial charge on any atom is -0.381 e. The number of rotatable bonds is 7. The lowest BCUT2D eigenvalue weighted by atomic mass is 9.89. The third-order valence-corrected chi connectivity index (χ3v) is 7.04. The summed E-state index contributed by atoms with van der Waals surface area (Å²) in [7, 11) is -3.25. The molecule has 1 aliphatic carbocycles. The molecule has 0 bridgehead atoms. The fourth-order valence-corrected chi connectivity index (χ4v) is 4.63. The van der Waals surface area contributed by atoms with Crippen molar-refractivity contribution in [3.8, 4) is 0 Å². The molecule has 0 amide bonds. The first-order chi connectivity index (χ1) is 12.1. The number of hydrogen-bond acceptors (Lipinski definition) is 4. The van der Waals surface area contributed by atoms with Gasteiger partial charge in [0.25, 0.3) is 0 Å². The van der Waals surface area contributed by atoms with E-state index in [-0.39, 0.29) is 12.4 Å². The van der Waals surface area contributed by atoms with E-state index in [1.165, 1.54) is 37.9 Å². The number of hydrogen-bond donors (Lipinski definition) is 0. The second-order valence-corrected chi connectivity index (χ2v) is 9.12. The zero-order valence-electron chi connectivity index (χ0n) is 15.1. The summed E-state index contributed by atoms with van der Waals surface area (Å²) >= 11 is 0. The van der Waals surface area contributed by atoms with Gasteiger partial charge in [0.05, 0.1) is 17.3 Å². The van der Waals surface area contributed by atoms with Gasteiger partial charge in [-0.2, -0.15) is 0 Å². The Morgan fingerprint density at radius 3 is 2.40 bits per heavy atom. The summed E-state index contributed by atoms with van der Waals surface area (Å²) < 4.78 is 29.6. The number of ether oxygens (including phenoxy) is 1. The summed E-state index contributed by atoms with van der Waals surface area (Å²) in [6.07, 6.45) is 8.63. The molecule has 0 spiro atoms. The van der Waals surface area contributed by atoms with Gasteiger partial charge in [0.2, 0.25) is 0 Å². The van der Waals surface area contributed by atoms with Gasteiger partial charge in [-0.3, -0.25) is 4.90 Å². The lowest BCUT2D eigenvalue weighted by Gasteiger charge is -2.40. The molecule has 5 heteroatoms. The quantitative estimate of drug-likeness (QED) is 0.695. The summed E-state index contributed by atoms with van der Waals surface area (Å²) in [5.41, 5.74) is 2.57.